The van der Waals surface area contributed by atoms with Crippen LogP contribution in [0.15, 0.2) is 36.9 Å². The number of carbonyl (C=O) groups is 1. The van der Waals surface area contributed by atoms with Crippen molar-refractivity contribution in [2.75, 3.05) is 26.2 Å². The first-order chi connectivity index (χ1) is 11.8. The van der Waals surface area contributed by atoms with Crippen molar-refractivity contribution in [2.24, 2.45) is 0 Å². The lowest BCUT2D eigenvalue weighted by atomic mass is 10.1. The van der Waals surface area contributed by atoms with E-state index in [0.717, 1.165) is 18.7 Å². The van der Waals surface area contributed by atoms with Gasteiger partial charge in [0.1, 0.15) is 0 Å². The fourth-order valence-electron chi connectivity index (χ4n) is 3.08. The Morgan fingerprint density at radius 1 is 1.33 bits per heavy atom. The molecule has 1 atom stereocenters. The van der Waals surface area contributed by atoms with Crippen LogP contribution in [0, 0.1) is 0 Å². The minimum atomic E-state index is -0.146. The van der Waals surface area contributed by atoms with E-state index in [2.05, 4.69) is 26.4 Å². The zero-order chi connectivity index (χ0) is 16.8. The van der Waals surface area contributed by atoms with Gasteiger partial charge in [-0.15, -0.1) is 0 Å². The second-order valence-corrected chi connectivity index (χ2v) is 5.97. The molecule has 7 nitrogen and oxygen atoms in total. The first-order valence-electron chi connectivity index (χ1n) is 8.33. The summed E-state index contributed by atoms with van der Waals surface area (Å²) in [5, 5.41) is 16.0. The molecule has 128 valence electrons. The molecule has 0 aliphatic carbocycles. The van der Waals surface area contributed by atoms with Gasteiger partial charge in [0.25, 0.3) is 5.91 Å². The van der Waals surface area contributed by atoms with E-state index in [1.54, 1.807) is 17.1 Å². The summed E-state index contributed by atoms with van der Waals surface area (Å²) in [7, 11) is 0. The number of aliphatic hydroxyl groups excluding tert-OH is 1. The molecule has 1 saturated heterocycles. The van der Waals surface area contributed by atoms with E-state index in [1.165, 1.54) is 19.0 Å². The van der Waals surface area contributed by atoms with Crippen LogP contribution in [0.25, 0.3) is 0 Å². The molecule has 2 aromatic heterocycles. The van der Waals surface area contributed by atoms with E-state index in [1.807, 2.05) is 12.3 Å². The van der Waals surface area contributed by atoms with E-state index < -0.39 is 0 Å². The van der Waals surface area contributed by atoms with E-state index in [0.29, 0.717) is 18.7 Å². The Morgan fingerprint density at radius 3 is 2.88 bits per heavy atom. The molecule has 0 spiro atoms. The van der Waals surface area contributed by atoms with Crippen LogP contribution < -0.4 is 5.32 Å². The number of carbonyl (C=O) groups excluding carboxylic acids is 1. The van der Waals surface area contributed by atoms with Gasteiger partial charge in [0.15, 0.2) is 0 Å². The molecular weight excluding hydrogens is 306 g/mol. The Morgan fingerprint density at radius 2 is 2.17 bits per heavy atom. The van der Waals surface area contributed by atoms with Gasteiger partial charge in [-0.25, -0.2) is 0 Å². The van der Waals surface area contributed by atoms with Crippen LogP contribution in [0.5, 0.6) is 0 Å². The molecule has 1 aliphatic rings. The average Bonchev–Trinajstić information content (AvgIpc) is 3.28. The molecule has 2 aromatic rings. The molecule has 0 bridgehead atoms. The zero-order valence-corrected chi connectivity index (χ0v) is 13.6. The van der Waals surface area contributed by atoms with Crippen LogP contribution in [0.3, 0.4) is 0 Å². The van der Waals surface area contributed by atoms with Crippen molar-refractivity contribution in [3.8, 4) is 0 Å². The molecule has 3 rings (SSSR count). The van der Waals surface area contributed by atoms with Crippen molar-refractivity contribution in [1.82, 2.24) is 25.0 Å². The molecule has 2 N–H and O–H groups in total. The molecule has 1 aliphatic heterocycles. The molecule has 0 aromatic carbocycles. The maximum atomic E-state index is 12.4. The first kappa shape index (κ1) is 16.6. The topological polar surface area (TPSA) is 83.3 Å². The number of likely N-dealkylation sites (tertiary alicyclic amines) is 1. The number of hydrogen-bond acceptors (Lipinski definition) is 5. The van der Waals surface area contributed by atoms with Crippen molar-refractivity contribution in [2.45, 2.75) is 25.4 Å². The predicted octanol–water partition coefficient (Wildman–Crippen LogP) is 0.837. The van der Waals surface area contributed by atoms with Crippen LogP contribution >= 0.6 is 0 Å². The van der Waals surface area contributed by atoms with Crippen LogP contribution in [-0.2, 0) is 6.54 Å². The van der Waals surface area contributed by atoms with Crippen molar-refractivity contribution < 1.29 is 9.90 Å². The Labute approximate surface area is 141 Å². The number of nitrogens with zero attached hydrogens (tertiary/aromatic N) is 4. The monoisotopic (exact) mass is 329 g/mol. The fourth-order valence-corrected chi connectivity index (χ4v) is 3.08. The summed E-state index contributed by atoms with van der Waals surface area (Å²) in [5.41, 5.74) is 1.63. The van der Waals surface area contributed by atoms with Gasteiger partial charge in [0.05, 0.1) is 31.0 Å². The third-order valence-electron chi connectivity index (χ3n) is 4.33. The van der Waals surface area contributed by atoms with Gasteiger partial charge in [0.2, 0.25) is 0 Å². The number of hydrogen-bond donors (Lipinski definition) is 2. The van der Waals surface area contributed by atoms with Crippen molar-refractivity contribution in [1.29, 1.82) is 0 Å². The van der Waals surface area contributed by atoms with E-state index in [9.17, 15) is 4.79 Å². The van der Waals surface area contributed by atoms with E-state index >= 15 is 0 Å². The fraction of sp³-hybridized carbons (Fsp3) is 0.471. The Bertz CT molecular complexity index is 652. The molecule has 1 fully saturated rings. The van der Waals surface area contributed by atoms with Crippen LogP contribution in [0.2, 0.25) is 0 Å². The van der Waals surface area contributed by atoms with Gasteiger partial charge in [-0.2, -0.15) is 5.10 Å². The molecule has 0 saturated carbocycles. The van der Waals surface area contributed by atoms with Crippen molar-refractivity contribution in [3.05, 3.63) is 48.0 Å². The molecular formula is C17H23N5O2. The van der Waals surface area contributed by atoms with Crippen molar-refractivity contribution >= 4 is 5.91 Å². The number of amides is 1. The molecule has 1 unspecified atom stereocenters. The lowest BCUT2D eigenvalue weighted by molar-refractivity contribution is 0.0937. The highest BCUT2D eigenvalue weighted by atomic mass is 16.3. The van der Waals surface area contributed by atoms with Crippen LogP contribution in [-0.4, -0.2) is 56.9 Å². The maximum absolute atomic E-state index is 12.4. The van der Waals surface area contributed by atoms with Crippen LogP contribution in [0.1, 0.15) is 34.8 Å². The third-order valence-corrected chi connectivity index (χ3v) is 4.33. The molecule has 1 amide bonds. The Hall–Kier alpha value is -2.25. The van der Waals surface area contributed by atoms with Gasteiger partial charge >= 0.3 is 0 Å². The minimum Gasteiger partial charge on any atom is -0.394 e. The summed E-state index contributed by atoms with van der Waals surface area (Å²) in [6, 6.07) is 4.12. The van der Waals surface area contributed by atoms with Gasteiger partial charge in [-0.1, -0.05) is 6.07 Å². The number of nitrogens with one attached hydrogen (secondary N) is 1. The number of pyridine rings is 1. The lowest BCUT2D eigenvalue weighted by Gasteiger charge is -2.27. The van der Waals surface area contributed by atoms with Gasteiger partial charge < -0.3 is 10.4 Å². The van der Waals surface area contributed by atoms with Gasteiger partial charge in [0, 0.05) is 25.1 Å². The first-order valence-corrected chi connectivity index (χ1v) is 8.33. The van der Waals surface area contributed by atoms with E-state index in [-0.39, 0.29) is 18.6 Å². The second-order valence-electron chi connectivity index (χ2n) is 5.97. The zero-order valence-electron chi connectivity index (χ0n) is 13.6. The predicted molar refractivity (Wildman–Crippen MR) is 89.4 cm³/mol. The number of aliphatic hydroxyl groups is 1. The van der Waals surface area contributed by atoms with Crippen LogP contribution in [0.4, 0.5) is 0 Å². The number of aromatic nitrogens is 3. The summed E-state index contributed by atoms with van der Waals surface area (Å²) in [5.74, 6) is -0.146. The van der Waals surface area contributed by atoms with Gasteiger partial charge in [-0.3, -0.25) is 19.4 Å². The highest BCUT2D eigenvalue weighted by Gasteiger charge is 2.24. The third kappa shape index (κ3) is 3.98. The Balaban J connectivity index is 1.65. The quantitative estimate of drug-likeness (QED) is 0.786. The molecule has 24 heavy (non-hydrogen) atoms. The Kier molecular flexibility index (Phi) is 5.55. The average molecular weight is 329 g/mol. The maximum Gasteiger partial charge on any atom is 0.254 e. The highest BCUT2D eigenvalue weighted by Crippen LogP contribution is 2.23. The SMILES string of the molecule is O=C(NCC(c1cccnc1)N1CCCC1)c1cnn(CCO)c1. The van der Waals surface area contributed by atoms with E-state index in [4.69, 9.17) is 5.11 Å². The molecule has 3 heterocycles. The summed E-state index contributed by atoms with van der Waals surface area (Å²) >= 11 is 0. The molecule has 0 radical (unpaired) electrons. The summed E-state index contributed by atoms with van der Waals surface area (Å²) in [6.07, 6.45) is 9.20. The smallest absolute Gasteiger partial charge is 0.254 e. The standard InChI is InChI=1S/C17H23N5O2/c23-9-8-22-13-15(11-20-22)17(24)19-12-16(21-6-1-2-7-21)14-4-3-5-18-10-14/h3-5,10-11,13,16,23H,1-2,6-9,12H2,(H,19,24). The lowest BCUT2D eigenvalue weighted by Crippen LogP contribution is -2.36. The largest absolute Gasteiger partial charge is 0.394 e. The van der Waals surface area contributed by atoms with Crippen molar-refractivity contribution in [3.63, 3.8) is 0 Å². The molecule has 7 heteroatoms. The normalized spacial score (nSPS) is 16.2. The summed E-state index contributed by atoms with van der Waals surface area (Å²) in [4.78, 5) is 19.0. The highest BCUT2D eigenvalue weighted by molar-refractivity contribution is 5.93. The second kappa shape index (κ2) is 8.03. The van der Waals surface area contributed by atoms with Gasteiger partial charge in [-0.05, 0) is 37.6 Å². The summed E-state index contributed by atoms with van der Waals surface area (Å²) in [6.45, 7) is 3.02. The number of rotatable bonds is 7. The summed E-state index contributed by atoms with van der Waals surface area (Å²) < 4.78 is 1.56. The minimum absolute atomic E-state index is 0.000774.